The van der Waals surface area contributed by atoms with Crippen LogP contribution in [0.5, 0.6) is 0 Å². The Labute approximate surface area is 109 Å². The summed E-state index contributed by atoms with van der Waals surface area (Å²) < 4.78 is 0. The molecule has 1 saturated carbocycles. The van der Waals surface area contributed by atoms with Crippen LogP contribution in [-0.4, -0.2) is 18.0 Å². The molecule has 1 aromatic rings. The lowest BCUT2D eigenvalue weighted by Gasteiger charge is -2.27. The fourth-order valence-corrected chi connectivity index (χ4v) is 2.69. The first-order valence-electron chi connectivity index (χ1n) is 6.70. The van der Waals surface area contributed by atoms with Crippen LogP contribution in [0, 0.1) is 13.8 Å². The molecule has 0 heterocycles. The highest BCUT2D eigenvalue weighted by atomic mass is 16.1. The highest BCUT2D eigenvalue weighted by Gasteiger charge is 2.21. The molecule has 0 aliphatic heterocycles. The first-order chi connectivity index (χ1) is 8.58. The van der Waals surface area contributed by atoms with Crippen molar-refractivity contribution >= 4 is 5.91 Å². The summed E-state index contributed by atoms with van der Waals surface area (Å²) in [7, 11) is 0. The molecule has 0 unspecified atom stereocenters. The lowest BCUT2D eigenvalue weighted by molar-refractivity contribution is 0.0924. The third-order valence-electron chi connectivity index (χ3n) is 3.82. The van der Waals surface area contributed by atoms with Crippen molar-refractivity contribution in [3.8, 4) is 0 Å². The zero-order valence-electron chi connectivity index (χ0n) is 11.2. The molecular weight excluding hydrogens is 224 g/mol. The summed E-state index contributed by atoms with van der Waals surface area (Å²) in [6.45, 7) is 3.97. The molecule has 0 aromatic heterocycles. The van der Waals surface area contributed by atoms with Crippen molar-refractivity contribution in [2.45, 2.75) is 51.6 Å². The van der Waals surface area contributed by atoms with Gasteiger partial charge in [-0.05, 0) is 50.7 Å². The largest absolute Gasteiger partial charge is 0.349 e. The first kappa shape index (κ1) is 13.1. The normalized spacial score (nSPS) is 23.7. The third-order valence-corrected chi connectivity index (χ3v) is 3.82. The van der Waals surface area contributed by atoms with E-state index >= 15 is 0 Å². The quantitative estimate of drug-likeness (QED) is 0.841. The standard InChI is InChI=1S/C15H22N2O/c1-10-4-3-5-11(2)14(10)15(18)17-13-8-6-12(16)7-9-13/h3-5,12-13H,6-9,16H2,1-2H3,(H,17,18). The van der Waals surface area contributed by atoms with Gasteiger partial charge in [0, 0.05) is 17.6 Å². The van der Waals surface area contributed by atoms with Crippen molar-refractivity contribution in [2.24, 2.45) is 5.73 Å². The van der Waals surface area contributed by atoms with Crippen LogP contribution in [-0.2, 0) is 0 Å². The number of amides is 1. The molecule has 1 amide bonds. The van der Waals surface area contributed by atoms with Crippen LogP contribution in [0.1, 0.15) is 47.2 Å². The Kier molecular flexibility index (Phi) is 4.02. The van der Waals surface area contributed by atoms with E-state index in [9.17, 15) is 4.79 Å². The number of aryl methyl sites for hydroxylation is 2. The van der Waals surface area contributed by atoms with Crippen molar-refractivity contribution in [1.82, 2.24) is 5.32 Å². The molecular formula is C15H22N2O. The van der Waals surface area contributed by atoms with Crippen molar-refractivity contribution in [1.29, 1.82) is 0 Å². The molecule has 3 nitrogen and oxygen atoms in total. The number of hydrogen-bond donors (Lipinski definition) is 2. The summed E-state index contributed by atoms with van der Waals surface area (Å²) in [6.07, 6.45) is 4.02. The molecule has 2 rings (SSSR count). The van der Waals surface area contributed by atoms with E-state index in [2.05, 4.69) is 5.32 Å². The second kappa shape index (κ2) is 5.53. The number of hydrogen-bond acceptors (Lipinski definition) is 2. The molecule has 1 aliphatic rings. The summed E-state index contributed by atoms with van der Waals surface area (Å²) in [5.74, 6) is 0.0612. The smallest absolute Gasteiger partial charge is 0.252 e. The van der Waals surface area contributed by atoms with Crippen LogP contribution in [0.3, 0.4) is 0 Å². The average Bonchev–Trinajstić information content (AvgIpc) is 2.32. The van der Waals surface area contributed by atoms with E-state index < -0.39 is 0 Å². The minimum Gasteiger partial charge on any atom is -0.349 e. The average molecular weight is 246 g/mol. The highest BCUT2D eigenvalue weighted by Crippen LogP contribution is 2.19. The molecule has 0 bridgehead atoms. The Morgan fingerprint density at radius 3 is 2.28 bits per heavy atom. The zero-order valence-corrected chi connectivity index (χ0v) is 11.2. The Bertz CT molecular complexity index is 414. The van der Waals surface area contributed by atoms with Crippen LogP contribution < -0.4 is 11.1 Å². The Morgan fingerprint density at radius 2 is 1.72 bits per heavy atom. The summed E-state index contributed by atoms with van der Waals surface area (Å²) >= 11 is 0. The molecule has 0 radical (unpaired) electrons. The Hall–Kier alpha value is -1.35. The van der Waals surface area contributed by atoms with Gasteiger partial charge in [-0.1, -0.05) is 18.2 Å². The number of rotatable bonds is 2. The molecule has 98 valence electrons. The fraction of sp³-hybridized carbons (Fsp3) is 0.533. The molecule has 1 aromatic carbocycles. The van der Waals surface area contributed by atoms with E-state index in [0.717, 1.165) is 42.4 Å². The predicted molar refractivity (Wildman–Crippen MR) is 73.6 cm³/mol. The zero-order chi connectivity index (χ0) is 13.1. The topological polar surface area (TPSA) is 55.1 Å². The monoisotopic (exact) mass is 246 g/mol. The van der Waals surface area contributed by atoms with Gasteiger partial charge in [0.1, 0.15) is 0 Å². The number of carbonyl (C=O) groups excluding carboxylic acids is 1. The van der Waals surface area contributed by atoms with Crippen molar-refractivity contribution in [2.75, 3.05) is 0 Å². The molecule has 0 spiro atoms. The van der Waals surface area contributed by atoms with Crippen LogP contribution >= 0.6 is 0 Å². The van der Waals surface area contributed by atoms with Crippen LogP contribution in [0.25, 0.3) is 0 Å². The van der Waals surface area contributed by atoms with Crippen molar-refractivity contribution < 1.29 is 4.79 Å². The SMILES string of the molecule is Cc1cccc(C)c1C(=O)NC1CCC(N)CC1. The fourth-order valence-electron chi connectivity index (χ4n) is 2.69. The minimum atomic E-state index is 0.0612. The predicted octanol–water partition coefficient (Wildman–Crippen LogP) is 2.30. The lowest BCUT2D eigenvalue weighted by atomic mass is 9.91. The number of benzene rings is 1. The van der Waals surface area contributed by atoms with Gasteiger partial charge in [0.25, 0.3) is 5.91 Å². The van der Waals surface area contributed by atoms with Gasteiger partial charge in [0.2, 0.25) is 0 Å². The number of nitrogens with two attached hydrogens (primary N) is 1. The summed E-state index contributed by atoms with van der Waals surface area (Å²) in [5, 5.41) is 3.14. The van der Waals surface area contributed by atoms with Gasteiger partial charge < -0.3 is 11.1 Å². The molecule has 1 aliphatic carbocycles. The molecule has 0 saturated heterocycles. The molecule has 0 atom stereocenters. The van der Waals surface area contributed by atoms with Crippen molar-refractivity contribution in [3.05, 3.63) is 34.9 Å². The van der Waals surface area contributed by atoms with E-state index in [1.807, 2.05) is 32.0 Å². The second-order valence-electron chi connectivity index (χ2n) is 5.35. The van der Waals surface area contributed by atoms with Gasteiger partial charge in [0.15, 0.2) is 0 Å². The summed E-state index contributed by atoms with van der Waals surface area (Å²) in [5.41, 5.74) is 8.78. The molecule has 1 fully saturated rings. The van der Waals surface area contributed by atoms with Gasteiger partial charge in [-0.25, -0.2) is 0 Å². The maximum absolute atomic E-state index is 12.3. The van der Waals surface area contributed by atoms with Crippen LogP contribution in [0.4, 0.5) is 0 Å². The van der Waals surface area contributed by atoms with E-state index in [1.54, 1.807) is 0 Å². The van der Waals surface area contributed by atoms with Gasteiger partial charge in [-0.2, -0.15) is 0 Å². The van der Waals surface area contributed by atoms with Gasteiger partial charge >= 0.3 is 0 Å². The molecule has 3 heteroatoms. The Balaban J connectivity index is 2.04. The Morgan fingerprint density at radius 1 is 1.17 bits per heavy atom. The maximum Gasteiger partial charge on any atom is 0.252 e. The van der Waals surface area contributed by atoms with Crippen LogP contribution in [0.15, 0.2) is 18.2 Å². The van der Waals surface area contributed by atoms with E-state index in [-0.39, 0.29) is 11.9 Å². The van der Waals surface area contributed by atoms with Crippen molar-refractivity contribution in [3.63, 3.8) is 0 Å². The van der Waals surface area contributed by atoms with E-state index in [4.69, 9.17) is 5.73 Å². The minimum absolute atomic E-state index is 0.0612. The number of carbonyl (C=O) groups is 1. The molecule has 18 heavy (non-hydrogen) atoms. The van der Waals surface area contributed by atoms with Gasteiger partial charge in [-0.3, -0.25) is 4.79 Å². The van der Waals surface area contributed by atoms with Gasteiger partial charge in [-0.15, -0.1) is 0 Å². The molecule has 3 N–H and O–H groups in total. The van der Waals surface area contributed by atoms with E-state index in [0.29, 0.717) is 6.04 Å². The third kappa shape index (κ3) is 2.91. The lowest BCUT2D eigenvalue weighted by Crippen LogP contribution is -2.40. The number of nitrogens with one attached hydrogen (secondary N) is 1. The maximum atomic E-state index is 12.3. The van der Waals surface area contributed by atoms with Gasteiger partial charge in [0.05, 0.1) is 0 Å². The summed E-state index contributed by atoms with van der Waals surface area (Å²) in [4.78, 5) is 12.3. The highest BCUT2D eigenvalue weighted by molar-refractivity contribution is 5.97. The second-order valence-corrected chi connectivity index (χ2v) is 5.35. The van der Waals surface area contributed by atoms with E-state index in [1.165, 1.54) is 0 Å². The van der Waals surface area contributed by atoms with Crippen LogP contribution in [0.2, 0.25) is 0 Å². The first-order valence-corrected chi connectivity index (χ1v) is 6.70. The summed E-state index contributed by atoms with van der Waals surface area (Å²) in [6, 6.07) is 6.56.